The number of benzene rings is 3. The molecule has 1 aliphatic rings. The number of amides is 1. The lowest BCUT2D eigenvalue weighted by Gasteiger charge is -2.31. The number of carbonyl (C=O) groups is 1. The van der Waals surface area contributed by atoms with Crippen LogP contribution in [0.3, 0.4) is 0 Å². The van der Waals surface area contributed by atoms with E-state index in [1.165, 1.54) is 0 Å². The average molecular weight is 499 g/mol. The number of thioether (sulfide) groups is 1. The first-order chi connectivity index (χ1) is 16.4. The summed E-state index contributed by atoms with van der Waals surface area (Å²) < 4.78 is 41.0. The van der Waals surface area contributed by atoms with Crippen LogP contribution in [0.15, 0.2) is 77.1 Å². The van der Waals surface area contributed by atoms with Crippen molar-refractivity contribution in [1.82, 2.24) is 10.3 Å². The van der Waals surface area contributed by atoms with Crippen molar-refractivity contribution in [2.45, 2.75) is 28.8 Å². The lowest BCUT2D eigenvalue weighted by molar-refractivity contribution is -0.141. The second kappa shape index (κ2) is 9.07. The monoisotopic (exact) mass is 498 g/mol. The van der Waals surface area contributed by atoms with Crippen molar-refractivity contribution in [1.29, 1.82) is 0 Å². The van der Waals surface area contributed by atoms with Gasteiger partial charge in [-0.15, -0.1) is 11.3 Å². The number of fused-ring (bicyclic) bond motifs is 4. The van der Waals surface area contributed by atoms with Crippen LogP contribution in [-0.2, 0) is 10.2 Å². The van der Waals surface area contributed by atoms with Crippen molar-refractivity contribution in [3.8, 4) is 11.1 Å². The number of nitrogens with zero attached hydrogens (tertiary/aromatic N) is 1. The van der Waals surface area contributed by atoms with Crippen molar-refractivity contribution in [3.63, 3.8) is 0 Å². The molecule has 8 heteroatoms. The van der Waals surface area contributed by atoms with E-state index in [9.17, 15) is 18.0 Å². The standard InChI is InChI=1S/C26H21F3N2OS2/c27-26(28,29)16-30-23(32)25(14-7-15-33-24-31-21-12-5-6-13-22(21)34-24)19-10-3-1-8-17(19)18-9-2-4-11-20(18)25/h1-6,8-13H,7,14-16H2,(H,30,32). The van der Waals surface area contributed by atoms with Gasteiger partial charge in [0.25, 0.3) is 0 Å². The summed E-state index contributed by atoms with van der Waals surface area (Å²) in [6.45, 7) is -1.35. The van der Waals surface area contributed by atoms with Crippen LogP contribution in [0, 0.1) is 0 Å². The van der Waals surface area contributed by atoms with E-state index in [1.807, 2.05) is 72.8 Å². The largest absolute Gasteiger partial charge is 0.405 e. The topological polar surface area (TPSA) is 42.0 Å². The summed E-state index contributed by atoms with van der Waals surface area (Å²) >= 11 is 3.24. The van der Waals surface area contributed by atoms with Gasteiger partial charge in [-0.1, -0.05) is 72.4 Å². The number of carbonyl (C=O) groups excluding carboxylic acids is 1. The van der Waals surface area contributed by atoms with E-state index in [1.54, 1.807) is 23.1 Å². The summed E-state index contributed by atoms with van der Waals surface area (Å²) in [4.78, 5) is 18.1. The van der Waals surface area contributed by atoms with Gasteiger partial charge in [0.05, 0.1) is 10.2 Å². The molecule has 4 aromatic rings. The molecule has 0 bridgehead atoms. The first-order valence-corrected chi connectivity index (χ1v) is 12.7. The summed E-state index contributed by atoms with van der Waals surface area (Å²) in [5.41, 5.74) is 3.13. The Balaban J connectivity index is 1.43. The van der Waals surface area contributed by atoms with Crippen LogP contribution >= 0.6 is 23.1 Å². The Morgan fingerprint density at radius 3 is 2.21 bits per heavy atom. The predicted octanol–water partition coefficient (Wildman–Crippen LogP) is 6.81. The fourth-order valence-electron chi connectivity index (χ4n) is 4.69. The van der Waals surface area contributed by atoms with Crippen molar-refractivity contribution in [3.05, 3.63) is 83.9 Å². The van der Waals surface area contributed by atoms with E-state index in [-0.39, 0.29) is 0 Å². The molecule has 1 amide bonds. The van der Waals surface area contributed by atoms with E-state index in [0.717, 1.165) is 36.8 Å². The smallest absolute Gasteiger partial charge is 0.346 e. The maximum atomic E-state index is 13.5. The van der Waals surface area contributed by atoms with Gasteiger partial charge in [-0.2, -0.15) is 13.2 Å². The third kappa shape index (κ3) is 4.20. The van der Waals surface area contributed by atoms with E-state index < -0.39 is 24.0 Å². The first kappa shape index (κ1) is 22.9. The molecule has 174 valence electrons. The third-order valence-corrected chi connectivity index (χ3v) is 8.36. The summed E-state index contributed by atoms with van der Waals surface area (Å²) in [5, 5.41) is 2.18. The minimum atomic E-state index is -4.48. The molecule has 1 aromatic heterocycles. The number of halogens is 3. The molecule has 5 rings (SSSR count). The average Bonchev–Trinajstić information content (AvgIpc) is 3.37. The Morgan fingerprint density at radius 2 is 1.56 bits per heavy atom. The van der Waals surface area contributed by atoms with Gasteiger partial charge < -0.3 is 5.32 Å². The number of hydrogen-bond donors (Lipinski definition) is 1. The normalized spacial score (nSPS) is 14.1. The fourth-order valence-corrected chi connectivity index (χ4v) is 6.77. The molecule has 1 N–H and O–H groups in total. The highest BCUT2D eigenvalue weighted by molar-refractivity contribution is 8.01. The van der Waals surface area contributed by atoms with Crippen LogP contribution in [0.1, 0.15) is 24.0 Å². The van der Waals surface area contributed by atoms with Crippen molar-refractivity contribution >= 4 is 39.2 Å². The number of hydrogen-bond acceptors (Lipinski definition) is 4. The van der Waals surface area contributed by atoms with Crippen LogP contribution in [-0.4, -0.2) is 29.4 Å². The SMILES string of the molecule is O=C(NCC(F)(F)F)C1(CCCSc2nc3ccccc3s2)c2ccccc2-c2ccccc21. The lowest BCUT2D eigenvalue weighted by Crippen LogP contribution is -2.47. The molecule has 34 heavy (non-hydrogen) atoms. The minimum Gasteiger partial charge on any atom is -0.346 e. The van der Waals surface area contributed by atoms with Crippen LogP contribution in [0.4, 0.5) is 13.2 Å². The molecule has 1 aliphatic carbocycles. The van der Waals surface area contributed by atoms with Crippen LogP contribution in [0.5, 0.6) is 0 Å². The second-order valence-corrected chi connectivity index (χ2v) is 10.6. The van der Waals surface area contributed by atoms with Gasteiger partial charge in [-0.25, -0.2) is 4.98 Å². The Kier molecular flexibility index (Phi) is 6.12. The molecular formula is C26H21F3N2OS2. The number of para-hydroxylation sites is 1. The molecule has 3 nitrogen and oxygen atoms in total. The minimum absolute atomic E-state index is 0.405. The molecule has 0 radical (unpaired) electrons. The van der Waals surface area contributed by atoms with Gasteiger partial charge >= 0.3 is 6.18 Å². The van der Waals surface area contributed by atoms with Crippen LogP contribution < -0.4 is 5.32 Å². The Bertz CT molecular complexity index is 1270. The number of nitrogens with one attached hydrogen (secondary N) is 1. The molecule has 0 unspecified atom stereocenters. The highest BCUT2D eigenvalue weighted by Gasteiger charge is 2.49. The quantitative estimate of drug-likeness (QED) is 0.225. The number of thiazole rings is 1. The van der Waals surface area contributed by atoms with Gasteiger partial charge in [0.15, 0.2) is 4.34 Å². The zero-order valence-corrected chi connectivity index (χ0v) is 19.7. The summed E-state index contributed by atoms with van der Waals surface area (Å²) in [6.07, 6.45) is -3.43. The van der Waals surface area contributed by atoms with E-state index in [0.29, 0.717) is 18.6 Å². The van der Waals surface area contributed by atoms with Gasteiger partial charge in [0.1, 0.15) is 12.0 Å². The summed E-state index contributed by atoms with van der Waals surface area (Å²) in [6, 6.07) is 23.0. The second-order valence-electron chi connectivity index (χ2n) is 8.19. The molecule has 0 saturated carbocycles. The number of alkyl halides is 3. The highest BCUT2D eigenvalue weighted by Crippen LogP contribution is 2.51. The molecule has 0 saturated heterocycles. The van der Waals surface area contributed by atoms with Gasteiger partial charge in [-0.3, -0.25) is 4.79 Å². The first-order valence-electron chi connectivity index (χ1n) is 10.9. The van der Waals surface area contributed by atoms with E-state index in [4.69, 9.17) is 0 Å². The van der Waals surface area contributed by atoms with E-state index in [2.05, 4.69) is 10.3 Å². The number of rotatable bonds is 7. The molecule has 0 spiro atoms. The molecule has 1 heterocycles. The van der Waals surface area contributed by atoms with Crippen molar-refractivity contribution in [2.24, 2.45) is 0 Å². The Labute approximate surface area is 203 Å². The Morgan fingerprint density at radius 1 is 0.941 bits per heavy atom. The fraction of sp³-hybridized carbons (Fsp3) is 0.231. The molecule has 0 aliphatic heterocycles. The van der Waals surface area contributed by atoms with Crippen LogP contribution in [0.25, 0.3) is 21.3 Å². The Hall–Kier alpha value is -2.84. The van der Waals surface area contributed by atoms with Crippen molar-refractivity contribution < 1.29 is 18.0 Å². The highest BCUT2D eigenvalue weighted by atomic mass is 32.2. The molecular weight excluding hydrogens is 477 g/mol. The summed E-state index contributed by atoms with van der Waals surface area (Å²) in [5.74, 6) is 0.102. The maximum Gasteiger partial charge on any atom is 0.405 e. The molecule has 0 atom stereocenters. The third-order valence-electron chi connectivity index (χ3n) is 6.10. The van der Waals surface area contributed by atoms with Gasteiger partial charge in [0, 0.05) is 5.75 Å². The molecule has 3 aromatic carbocycles. The summed E-state index contributed by atoms with van der Waals surface area (Å²) in [7, 11) is 0. The zero-order chi connectivity index (χ0) is 23.8. The number of aromatic nitrogens is 1. The maximum absolute atomic E-state index is 13.5. The van der Waals surface area contributed by atoms with Crippen LogP contribution in [0.2, 0.25) is 0 Å². The predicted molar refractivity (Wildman–Crippen MR) is 131 cm³/mol. The molecule has 0 fully saturated rings. The zero-order valence-electron chi connectivity index (χ0n) is 18.1. The van der Waals surface area contributed by atoms with E-state index >= 15 is 0 Å². The van der Waals surface area contributed by atoms with Gasteiger partial charge in [0.2, 0.25) is 5.91 Å². The van der Waals surface area contributed by atoms with Gasteiger partial charge in [-0.05, 0) is 47.2 Å². The van der Waals surface area contributed by atoms with Crippen molar-refractivity contribution in [2.75, 3.05) is 12.3 Å². The lowest BCUT2D eigenvalue weighted by atomic mass is 9.73.